The van der Waals surface area contributed by atoms with Crippen molar-refractivity contribution < 1.29 is 24.1 Å². The molecule has 2 aromatic carbocycles. The van der Waals surface area contributed by atoms with Crippen molar-refractivity contribution in [2.24, 2.45) is 0 Å². The molecule has 164 valence electrons. The van der Waals surface area contributed by atoms with E-state index in [1.54, 1.807) is 30.3 Å². The number of alkyl halides is 1. The minimum absolute atomic E-state index is 0.341. The summed E-state index contributed by atoms with van der Waals surface area (Å²) in [5, 5.41) is 22.1. The number of anilines is 1. The summed E-state index contributed by atoms with van der Waals surface area (Å²) in [6.07, 6.45) is -0.923. The van der Waals surface area contributed by atoms with E-state index in [2.05, 4.69) is 0 Å². The number of ether oxygens (including phenoxy) is 1. The van der Waals surface area contributed by atoms with E-state index in [-0.39, 0.29) is 0 Å². The summed E-state index contributed by atoms with van der Waals surface area (Å²) in [7, 11) is 1.87. The number of hydrogen-bond acceptors (Lipinski definition) is 5. The predicted octanol–water partition coefficient (Wildman–Crippen LogP) is 3.97. The number of rotatable bonds is 4. The molecule has 32 heavy (non-hydrogen) atoms. The predicted molar refractivity (Wildman–Crippen MR) is 119 cm³/mol. The Kier molecular flexibility index (Phi) is 4.94. The van der Waals surface area contributed by atoms with Gasteiger partial charge in [0.2, 0.25) is 6.86 Å². The molecule has 0 aliphatic carbocycles. The highest BCUT2D eigenvalue weighted by molar-refractivity contribution is 6.15. The number of likely N-dealkylation sites (N-methyl/N-ethyl adjacent to an activating group) is 1. The Hall–Kier alpha value is -3.65. The second kappa shape index (κ2) is 7.80. The van der Waals surface area contributed by atoms with Crippen LogP contribution in [0, 0.1) is 0 Å². The lowest BCUT2D eigenvalue weighted by Gasteiger charge is -2.31. The van der Waals surface area contributed by atoms with Crippen molar-refractivity contribution in [3.63, 3.8) is 0 Å². The average Bonchev–Trinajstić information content (AvgIpc) is 3.11. The van der Waals surface area contributed by atoms with Gasteiger partial charge in [-0.15, -0.1) is 0 Å². The Morgan fingerprint density at radius 3 is 2.84 bits per heavy atom. The van der Waals surface area contributed by atoms with E-state index in [1.165, 1.54) is 4.57 Å². The zero-order valence-corrected chi connectivity index (χ0v) is 17.5. The van der Waals surface area contributed by atoms with Gasteiger partial charge in [0.1, 0.15) is 11.6 Å². The van der Waals surface area contributed by atoms with Crippen LogP contribution in [-0.4, -0.2) is 52.4 Å². The molecule has 0 amide bonds. The minimum Gasteiger partial charge on any atom is -0.464 e. The fourth-order valence-corrected chi connectivity index (χ4v) is 4.71. The summed E-state index contributed by atoms with van der Waals surface area (Å²) in [6, 6.07) is 14.4. The highest BCUT2D eigenvalue weighted by atomic mass is 19.1. The lowest BCUT2D eigenvalue weighted by Crippen LogP contribution is -2.36. The zero-order valence-electron chi connectivity index (χ0n) is 17.5. The summed E-state index contributed by atoms with van der Waals surface area (Å²) < 4.78 is 18.9. The second-order valence-electron chi connectivity index (χ2n) is 8.04. The van der Waals surface area contributed by atoms with E-state index in [1.807, 2.05) is 30.1 Å². The summed E-state index contributed by atoms with van der Waals surface area (Å²) in [4.78, 5) is 19.1. The molecule has 2 N–H and O–H groups in total. The lowest BCUT2D eigenvalue weighted by molar-refractivity contribution is 0.177. The van der Waals surface area contributed by atoms with Crippen molar-refractivity contribution in [1.29, 1.82) is 0 Å². The summed E-state index contributed by atoms with van der Waals surface area (Å²) >= 11 is 0. The van der Waals surface area contributed by atoms with E-state index in [9.17, 15) is 19.4 Å². The van der Waals surface area contributed by atoms with Crippen molar-refractivity contribution in [1.82, 2.24) is 9.55 Å². The summed E-state index contributed by atoms with van der Waals surface area (Å²) in [5.74, 6) is 1.14. The first-order valence-electron chi connectivity index (χ1n) is 10.3. The van der Waals surface area contributed by atoms with Crippen molar-refractivity contribution in [2.75, 3.05) is 25.4 Å². The van der Waals surface area contributed by atoms with Gasteiger partial charge >= 0.3 is 6.09 Å². The largest absolute Gasteiger partial charge is 0.464 e. The van der Waals surface area contributed by atoms with E-state index < -0.39 is 19.1 Å². The van der Waals surface area contributed by atoms with Crippen molar-refractivity contribution >= 4 is 33.7 Å². The van der Waals surface area contributed by atoms with Crippen LogP contribution in [0.5, 0.6) is 5.75 Å². The number of hydrogen-bond donors (Lipinski definition) is 2. The number of halogens is 1. The standard InChI is InChI=1S/C24H22FN3O4/c1-27-12-15(29)11-18-21-17-7-2-3-8-20(17)28(24(30)31)22(21)19(26-23(18)27)10-14-5-4-6-16(9-14)32-13-25/h2-9,15,29H,10-13H2,1H3,(H,30,31). The molecular formula is C24H22FN3O4. The average molecular weight is 435 g/mol. The number of pyridine rings is 1. The molecule has 5 rings (SSSR count). The molecular weight excluding hydrogens is 413 g/mol. The van der Waals surface area contributed by atoms with Crippen molar-refractivity contribution in [3.05, 3.63) is 65.4 Å². The number of carboxylic acid groups (broad SMARTS) is 1. The number of fused-ring (bicyclic) bond motifs is 5. The molecule has 1 aliphatic rings. The fraction of sp³-hybridized carbons (Fsp3) is 0.250. The van der Waals surface area contributed by atoms with Gasteiger partial charge < -0.3 is 19.8 Å². The van der Waals surface area contributed by atoms with Crippen molar-refractivity contribution in [3.8, 4) is 5.75 Å². The maximum atomic E-state index is 12.6. The molecule has 2 aromatic heterocycles. The molecule has 0 radical (unpaired) electrons. The summed E-state index contributed by atoms with van der Waals surface area (Å²) in [5.41, 5.74) is 3.35. The molecule has 7 nitrogen and oxygen atoms in total. The zero-order chi connectivity index (χ0) is 22.4. The van der Waals surface area contributed by atoms with Crippen LogP contribution < -0.4 is 9.64 Å². The maximum absolute atomic E-state index is 12.6. The lowest BCUT2D eigenvalue weighted by atomic mass is 9.96. The third-order valence-electron chi connectivity index (χ3n) is 5.93. The monoisotopic (exact) mass is 435 g/mol. The number of benzene rings is 2. The first kappa shape index (κ1) is 20.3. The van der Waals surface area contributed by atoms with Gasteiger partial charge in [-0.05, 0) is 23.8 Å². The Morgan fingerprint density at radius 2 is 2.06 bits per heavy atom. The number of para-hydroxylation sites is 1. The molecule has 1 unspecified atom stereocenters. The second-order valence-corrected chi connectivity index (χ2v) is 8.04. The fourth-order valence-electron chi connectivity index (χ4n) is 4.71. The van der Waals surface area contributed by atoms with E-state index in [0.29, 0.717) is 41.9 Å². The van der Waals surface area contributed by atoms with Gasteiger partial charge in [-0.2, -0.15) is 0 Å². The minimum atomic E-state index is -1.10. The van der Waals surface area contributed by atoms with Gasteiger partial charge in [-0.3, -0.25) is 0 Å². The molecule has 0 bridgehead atoms. The summed E-state index contributed by atoms with van der Waals surface area (Å²) in [6.45, 7) is -0.479. The molecule has 4 aromatic rings. The number of aliphatic hydroxyl groups is 1. The van der Waals surface area contributed by atoms with Crippen LogP contribution in [0.4, 0.5) is 15.0 Å². The van der Waals surface area contributed by atoms with Gasteiger partial charge in [-0.1, -0.05) is 30.3 Å². The van der Waals surface area contributed by atoms with Crippen LogP contribution in [0.3, 0.4) is 0 Å². The molecule has 1 atom stereocenters. The van der Waals surface area contributed by atoms with E-state index in [4.69, 9.17) is 9.72 Å². The molecule has 0 fully saturated rings. The Labute approximate surface area is 183 Å². The third kappa shape index (κ3) is 3.23. The molecule has 0 saturated heterocycles. The Bertz CT molecular complexity index is 1350. The molecule has 0 spiro atoms. The van der Waals surface area contributed by atoms with Gasteiger partial charge in [0.25, 0.3) is 0 Å². The molecule has 0 saturated carbocycles. The number of carbonyl (C=O) groups is 1. The molecule has 8 heteroatoms. The topological polar surface area (TPSA) is 87.8 Å². The Balaban J connectivity index is 1.82. The normalized spacial score (nSPS) is 15.8. The maximum Gasteiger partial charge on any atom is 0.416 e. The van der Waals surface area contributed by atoms with Gasteiger partial charge in [-0.25, -0.2) is 18.7 Å². The SMILES string of the molecule is CN1CC(O)Cc2c1nc(Cc1cccc(OCF)c1)c1c2c2ccccc2n1C(=O)O. The van der Waals surface area contributed by atoms with Crippen molar-refractivity contribution in [2.45, 2.75) is 18.9 Å². The first-order chi connectivity index (χ1) is 15.5. The molecule has 3 heterocycles. The number of aliphatic hydroxyl groups excluding tert-OH is 1. The van der Waals surface area contributed by atoms with E-state index in [0.717, 1.165) is 27.7 Å². The van der Waals surface area contributed by atoms with Crippen LogP contribution in [0.25, 0.3) is 21.8 Å². The van der Waals surface area contributed by atoms with Crippen LogP contribution >= 0.6 is 0 Å². The quantitative estimate of drug-likeness (QED) is 0.505. The van der Waals surface area contributed by atoms with Crippen LogP contribution in [0.2, 0.25) is 0 Å². The van der Waals surface area contributed by atoms with E-state index >= 15 is 0 Å². The van der Waals surface area contributed by atoms with Gasteiger partial charge in [0, 0.05) is 42.8 Å². The third-order valence-corrected chi connectivity index (χ3v) is 5.93. The Morgan fingerprint density at radius 1 is 1.25 bits per heavy atom. The van der Waals surface area contributed by atoms with Crippen LogP contribution in [0.15, 0.2) is 48.5 Å². The smallest absolute Gasteiger partial charge is 0.416 e. The highest BCUT2D eigenvalue weighted by Crippen LogP contribution is 2.40. The number of aromatic nitrogens is 2. The highest BCUT2D eigenvalue weighted by Gasteiger charge is 2.30. The number of nitrogens with zero attached hydrogens (tertiary/aromatic N) is 3. The first-order valence-corrected chi connectivity index (χ1v) is 10.3. The van der Waals surface area contributed by atoms with Crippen LogP contribution in [0.1, 0.15) is 16.8 Å². The van der Waals surface area contributed by atoms with Gasteiger partial charge in [0.05, 0.1) is 22.8 Å². The number of β-amino-alcohol motifs (C(OH)–C–C–N with tert-alkyl or cyclic N) is 1. The van der Waals surface area contributed by atoms with Crippen LogP contribution in [-0.2, 0) is 12.8 Å². The molecule has 1 aliphatic heterocycles. The van der Waals surface area contributed by atoms with Gasteiger partial charge in [0.15, 0.2) is 0 Å².